The summed E-state index contributed by atoms with van der Waals surface area (Å²) in [6.07, 6.45) is 3.54. The second-order valence-electron chi connectivity index (χ2n) is 3.58. The second kappa shape index (κ2) is 3.47. The van der Waals surface area contributed by atoms with Gasteiger partial charge in [-0.3, -0.25) is 5.10 Å². The molecule has 1 aliphatic rings. The van der Waals surface area contributed by atoms with Gasteiger partial charge in [0.15, 0.2) is 5.65 Å². The molecular formula is C9H12N6. The number of hydrogen-bond acceptors (Lipinski definition) is 5. The Morgan fingerprint density at radius 2 is 2.07 bits per heavy atom. The molecule has 1 saturated heterocycles. The Kier molecular flexibility index (Phi) is 1.99. The van der Waals surface area contributed by atoms with E-state index in [1.807, 2.05) is 6.20 Å². The molecule has 78 valence electrons. The summed E-state index contributed by atoms with van der Waals surface area (Å²) in [6, 6.07) is 0. The number of fused-ring (bicyclic) bond motifs is 1. The Morgan fingerprint density at radius 1 is 1.20 bits per heavy atom. The molecule has 0 bridgehead atoms. The maximum atomic E-state index is 4.43. The Labute approximate surface area is 86.7 Å². The molecule has 0 unspecified atom stereocenters. The number of piperazine rings is 1. The van der Waals surface area contributed by atoms with Gasteiger partial charge >= 0.3 is 0 Å². The van der Waals surface area contributed by atoms with Gasteiger partial charge in [0.05, 0.1) is 11.6 Å². The van der Waals surface area contributed by atoms with Gasteiger partial charge in [-0.25, -0.2) is 4.98 Å². The third-order valence-corrected chi connectivity index (χ3v) is 2.58. The predicted molar refractivity (Wildman–Crippen MR) is 56.8 cm³/mol. The van der Waals surface area contributed by atoms with E-state index in [1.165, 1.54) is 0 Å². The van der Waals surface area contributed by atoms with E-state index in [-0.39, 0.29) is 0 Å². The zero-order chi connectivity index (χ0) is 10.1. The lowest BCUT2D eigenvalue weighted by molar-refractivity contribution is 0.580. The highest BCUT2D eigenvalue weighted by atomic mass is 15.3. The van der Waals surface area contributed by atoms with Crippen LogP contribution in [0.3, 0.4) is 0 Å². The maximum Gasteiger partial charge on any atom is 0.227 e. The number of aromatic amines is 1. The van der Waals surface area contributed by atoms with Crippen molar-refractivity contribution in [3.05, 3.63) is 12.4 Å². The van der Waals surface area contributed by atoms with Gasteiger partial charge in [-0.1, -0.05) is 0 Å². The van der Waals surface area contributed by atoms with Crippen molar-refractivity contribution in [1.29, 1.82) is 0 Å². The Balaban J connectivity index is 1.95. The average molecular weight is 204 g/mol. The summed E-state index contributed by atoms with van der Waals surface area (Å²) in [5, 5.41) is 11.0. The van der Waals surface area contributed by atoms with E-state index in [2.05, 4.69) is 30.4 Å². The van der Waals surface area contributed by atoms with E-state index < -0.39 is 0 Å². The van der Waals surface area contributed by atoms with Crippen molar-refractivity contribution >= 4 is 17.0 Å². The lowest BCUT2D eigenvalue weighted by Crippen LogP contribution is -2.44. The molecule has 2 aromatic heterocycles. The molecule has 1 fully saturated rings. The molecule has 0 saturated carbocycles. The molecule has 6 heteroatoms. The molecule has 0 atom stereocenters. The highest BCUT2D eigenvalue weighted by Gasteiger charge is 2.13. The van der Waals surface area contributed by atoms with Crippen molar-refractivity contribution in [1.82, 2.24) is 25.5 Å². The highest BCUT2D eigenvalue weighted by molar-refractivity contribution is 5.73. The van der Waals surface area contributed by atoms with Crippen molar-refractivity contribution in [2.45, 2.75) is 0 Å². The molecule has 3 heterocycles. The number of nitrogens with zero attached hydrogens (tertiary/aromatic N) is 4. The molecule has 0 radical (unpaired) electrons. The standard InChI is InChI=1S/C9H12N6/c1-3-15(4-2-10-1)9-11-5-7-6-12-14-8(7)13-9/h5-6,10H,1-4H2,(H,11,12,13,14). The molecule has 2 N–H and O–H groups in total. The van der Waals surface area contributed by atoms with Gasteiger partial charge in [0.25, 0.3) is 0 Å². The third kappa shape index (κ3) is 1.52. The Bertz CT molecular complexity index is 458. The average Bonchev–Trinajstić information content (AvgIpc) is 2.77. The monoisotopic (exact) mass is 204 g/mol. The summed E-state index contributed by atoms with van der Waals surface area (Å²) in [4.78, 5) is 10.9. The van der Waals surface area contributed by atoms with E-state index in [9.17, 15) is 0 Å². The summed E-state index contributed by atoms with van der Waals surface area (Å²) in [5.41, 5.74) is 0.804. The first-order chi connectivity index (χ1) is 7.43. The van der Waals surface area contributed by atoms with Gasteiger partial charge in [-0.2, -0.15) is 10.1 Å². The molecule has 3 rings (SSSR count). The van der Waals surface area contributed by atoms with Crippen LogP contribution in [0.25, 0.3) is 11.0 Å². The van der Waals surface area contributed by atoms with Crippen molar-refractivity contribution in [3.8, 4) is 0 Å². The highest BCUT2D eigenvalue weighted by Crippen LogP contribution is 2.12. The number of aromatic nitrogens is 4. The number of nitrogens with one attached hydrogen (secondary N) is 2. The molecule has 1 aliphatic heterocycles. The third-order valence-electron chi connectivity index (χ3n) is 2.58. The minimum atomic E-state index is 0.785. The van der Waals surface area contributed by atoms with Gasteiger partial charge < -0.3 is 10.2 Å². The van der Waals surface area contributed by atoms with Crippen LogP contribution in [0, 0.1) is 0 Å². The van der Waals surface area contributed by atoms with Gasteiger partial charge in [0, 0.05) is 32.4 Å². The lowest BCUT2D eigenvalue weighted by atomic mass is 10.4. The second-order valence-corrected chi connectivity index (χ2v) is 3.58. The maximum absolute atomic E-state index is 4.43. The number of hydrogen-bond donors (Lipinski definition) is 2. The van der Waals surface area contributed by atoms with Crippen LogP contribution in [0.15, 0.2) is 12.4 Å². The van der Waals surface area contributed by atoms with Crippen LogP contribution in [-0.2, 0) is 0 Å². The molecule has 15 heavy (non-hydrogen) atoms. The SMILES string of the molecule is c1n[nH]c2nc(N3CCNCC3)ncc12. The zero-order valence-corrected chi connectivity index (χ0v) is 8.27. The molecule has 0 aliphatic carbocycles. The van der Waals surface area contributed by atoms with Crippen LogP contribution in [0.1, 0.15) is 0 Å². The predicted octanol–water partition coefficient (Wildman–Crippen LogP) is -0.237. The van der Waals surface area contributed by atoms with Gasteiger partial charge in [0.2, 0.25) is 5.95 Å². The van der Waals surface area contributed by atoms with Crippen LogP contribution in [0.5, 0.6) is 0 Å². The van der Waals surface area contributed by atoms with E-state index in [0.29, 0.717) is 0 Å². The summed E-state index contributed by atoms with van der Waals surface area (Å²) >= 11 is 0. The topological polar surface area (TPSA) is 69.7 Å². The summed E-state index contributed by atoms with van der Waals surface area (Å²) in [6.45, 7) is 3.90. The van der Waals surface area contributed by atoms with Gasteiger partial charge in [-0.15, -0.1) is 0 Å². The first-order valence-electron chi connectivity index (χ1n) is 5.05. The quantitative estimate of drug-likeness (QED) is 0.671. The molecule has 6 nitrogen and oxygen atoms in total. The number of rotatable bonds is 1. The molecule has 0 amide bonds. The van der Waals surface area contributed by atoms with Crippen molar-refractivity contribution in [2.24, 2.45) is 0 Å². The summed E-state index contributed by atoms with van der Waals surface area (Å²) in [7, 11) is 0. The number of H-pyrrole nitrogens is 1. The van der Waals surface area contributed by atoms with Crippen molar-refractivity contribution < 1.29 is 0 Å². The fourth-order valence-corrected chi connectivity index (χ4v) is 1.75. The minimum Gasteiger partial charge on any atom is -0.338 e. The van der Waals surface area contributed by atoms with E-state index in [0.717, 1.165) is 43.2 Å². The molecular weight excluding hydrogens is 192 g/mol. The molecule has 2 aromatic rings. The van der Waals surface area contributed by atoms with Crippen molar-refractivity contribution in [3.63, 3.8) is 0 Å². The van der Waals surface area contributed by atoms with Crippen LogP contribution in [-0.4, -0.2) is 46.3 Å². The fourth-order valence-electron chi connectivity index (χ4n) is 1.75. The number of anilines is 1. The van der Waals surface area contributed by atoms with Crippen LogP contribution >= 0.6 is 0 Å². The van der Waals surface area contributed by atoms with Gasteiger partial charge in [0.1, 0.15) is 0 Å². The first kappa shape index (κ1) is 8.60. The normalized spacial score (nSPS) is 17.2. The molecule has 0 aromatic carbocycles. The van der Waals surface area contributed by atoms with Crippen LogP contribution in [0.4, 0.5) is 5.95 Å². The lowest BCUT2D eigenvalue weighted by Gasteiger charge is -2.27. The van der Waals surface area contributed by atoms with E-state index in [4.69, 9.17) is 0 Å². The largest absolute Gasteiger partial charge is 0.338 e. The summed E-state index contributed by atoms with van der Waals surface area (Å²) in [5.74, 6) is 0.785. The molecule has 0 spiro atoms. The van der Waals surface area contributed by atoms with E-state index >= 15 is 0 Å². The van der Waals surface area contributed by atoms with Crippen molar-refractivity contribution in [2.75, 3.05) is 31.1 Å². The summed E-state index contributed by atoms with van der Waals surface area (Å²) < 4.78 is 0. The Hall–Kier alpha value is -1.69. The minimum absolute atomic E-state index is 0.785. The fraction of sp³-hybridized carbons (Fsp3) is 0.444. The Morgan fingerprint density at radius 3 is 2.93 bits per heavy atom. The van der Waals surface area contributed by atoms with Gasteiger partial charge in [-0.05, 0) is 0 Å². The van der Waals surface area contributed by atoms with Crippen LogP contribution < -0.4 is 10.2 Å². The zero-order valence-electron chi connectivity index (χ0n) is 8.27. The van der Waals surface area contributed by atoms with Crippen LogP contribution in [0.2, 0.25) is 0 Å². The smallest absolute Gasteiger partial charge is 0.227 e. The first-order valence-corrected chi connectivity index (χ1v) is 5.05. The van der Waals surface area contributed by atoms with E-state index in [1.54, 1.807) is 6.20 Å².